The largest absolute Gasteiger partial charge is 0.464 e. The van der Waals surface area contributed by atoms with E-state index in [0.717, 1.165) is 6.42 Å². The molecule has 1 aromatic heterocycles. The zero-order valence-electron chi connectivity index (χ0n) is 11.8. The maximum Gasteiger partial charge on any atom is 0.360 e. The van der Waals surface area contributed by atoms with Crippen molar-refractivity contribution in [2.45, 2.75) is 12.5 Å². The Morgan fingerprint density at radius 1 is 1.36 bits per heavy atom. The topological polar surface area (TPSA) is 107 Å². The van der Waals surface area contributed by atoms with E-state index in [1.807, 2.05) is 6.08 Å². The Morgan fingerprint density at radius 2 is 2.09 bits per heavy atom. The van der Waals surface area contributed by atoms with Crippen LogP contribution in [0.15, 0.2) is 18.2 Å². The van der Waals surface area contributed by atoms with Gasteiger partial charge in [0.2, 0.25) is 5.91 Å². The first-order valence-electron chi connectivity index (χ1n) is 6.87. The molecule has 8 heteroatoms. The number of hydrogen-bond donors (Lipinski definition) is 2. The maximum absolute atomic E-state index is 11.8. The van der Waals surface area contributed by atoms with Gasteiger partial charge in [-0.05, 0) is 18.3 Å². The summed E-state index contributed by atoms with van der Waals surface area (Å²) in [5, 5.41) is 10.8. The van der Waals surface area contributed by atoms with Crippen LogP contribution in [0.25, 0.3) is 0 Å². The van der Waals surface area contributed by atoms with Gasteiger partial charge in [0.15, 0.2) is 10.8 Å². The molecule has 1 heterocycles. The van der Waals surface area contributed by atoms with E-state index >= 15 is 0 Å². The van der Waals surface area contributed by atoms with Crippen molar-refractivity contribution in [3.8, 4) is 0 Å². The average molecular weight is 323 g/mol. The number of fused-ring (bicyclic) bond motifs is 2. The molecule has 0 saturated heterocycles. The third kappa shape index (κ3) is 2.41. The molecule has 0 spiro atoms. The molecule has 4 unspecified atom stereocenters. The number of allylic oxidation sites excluding steroid dienone is 1. The first-order valence-corrected chi connectivity index (χ1v) is 7.24. The Labute approximate surface area is 131 Å². The van der Waals surface area contributed by atoms with Crippen molar-refractivity contribution in [2.24, 2.45) is 23.5 Å². The minimum Gasteiger partial charge on any atom is -0.464 e. The molecule has 0 aromatic carbocycles. The standard InChI is InChI=1S/C14H15ClN4O3/c1-22-14(21)12-8(5-9(15)18-19-12)17-11-7-3-2-6(4-7)10(11)13(16)20/h2-3,5-7,10-11H,4H2,1H3,(H2,16,20)(H,17,18). The molecule has 2 aliphatic rings. The lowest BCUT2D eigenvalue weighted by molar-refractivity contribution is -0.122. The highest BCUT2D eigenvalue weighted by Gasteiger charge is 2.47. The van der Waals surface area contributed by atoms with Crippen molar-refractivity contribution in [1.82, 2.24) is 10.2 Å². The quantitative estimate of drug-likeness (QED) is 0.632. The molecule has 0 radical (unpaired) electrons. The average Bonchev–Trinajstić information content (AvgIpc) is 3.07. The number of anilines is 1. The molecule has 116 valence electrons. The van der Waals surface area contributed by atoms with E-state index < -0.39 is 5.97 Å². The lowest BCUT2D eigenvalue weighted by Gasteiger charge is -2.27. The SMILES string of the molecule is COC(=O)c1nnc(Cl)cc1NC1C2C=CC(C2)C1C(N)=O. The smallest absolute Gasteiger partial charge is 0.360 e. The zero-order valence-corrected chi connectivity index (χ0v) is 12.6. The number of hydrogen-bond acceptors (Lipinski definition) is 6. The number of rotatable bonds is 4. The van der Waals surface area contributed by atoms with E-state index in [2.05, 4.69) is 26.3 Å². The molecular formula is C14H15ClN4O3. The number of ether oxygens (including phenoxy) is 1. The number of aromatic nitrogens is 2. The molecule has 1 saturated carbocycles. The molecule has 3 N–H and O–H groups in total. The van der Waals surface area contributed by atoms with Crippen LogP contribution in [0.3, 0.4) is 0 Å². The number of carbonyl (C=O) groups excluding carboxylic acids is 2. The zero-order chi connectivity index (χ0) is 15.9. The lowest BCUT2D eigenvalue weighted by Crippen LogP contribution is -2.41. The van der Waals surface area contributed by atoms with Crippen molar-refractivity contribution < 1.29 is 14.3 Å². The van der Waals surface area contributed by atoms with E-state index in [0.29, 0.717) is 5.69 Å². The summed E-state index contributed by atoms with van der Waals surface area (Å²) in [6.45, 7) is 0. The molecule has 1 fully saturated rings. The van der Waals surface area contributed by atoms with Gasteiger partial charge in [-0.1, -0.05) is 23.8 Å². The summed E-state index contributed by atoms with van der Waals surface area (Å²) >= 11 is 5.86. The van der Waals surface area contributed by atoms with Gasteiger partial charge >= 0.3 is 5.97 Å². The third-order valence-corrected chi connectivity index (χ3v) is 4.44. The van der Waals surface area contributed by atoms with Gasteiger partial charge in [-0.15, -0.1) is 10.2 Å². The highest BCUT2D eigenvalue weighted by molar-refractivity contribution is 6.29. The van der Waals surface area contributed by atoms with Crippen LogP contribution in [0, 0.1) is 17.8 Å². The van der Waals surface area contributed by atoms with E-state index in [9.17, 15) is 9.59 Å². The summed E-state index contributed by atoms with van der Waals surface area (Å²) in [5.41, 5.74) is 5.95. The Bertz CT molecular complexity index is 663. The second-order valence-corrected chi connectivity index (χ2v) is 5.85. The maximum atomic E-state index is 11.8. The lowest BCUT2D eigenvalue weighted by atomic mass is 9.88. The van der Waals surface area contributed by atoms with Crippen LogP contribution in [0.1, 0.15) is 16.9 Å². The summed E-state index contributed by atoms with van der Waals surface area (Å²) in [7, 11) is 1.26. The third-order valence-electron chi connectivity index (χ3n) is 4.25. The summed E-state index contributed by atoms with van der Waals surface area (Å²) < 4.78 is 4.69. The Morgan fingerprint density at radius 3 is 2.77 bits per heavy atom. The minimum absolute atomic E-state index is 0.0295. The molecular weight excluding hydrogens is 308 g/mol. The molecule has 2 aliphatic carbocycles. The van der Waals surface area contributed by atoms with Crippen molar-refractivity contribution in [2.75, 3.05) is 12.4 Å². The number of methoxy groups -OCH3 is 1. The number of esters is 1. The monoisotopic (exact) mass is 322 g/mol. The highest BCUT2D eigenvalue weighted by atomic mass is 35.5. The van der Waals surface area contributed by atoms with Gasteiger partial charge in [0.05, 0.1) is 18.7 Å². The first kappa shape index (κ1) is 14.8. The molecule has 7 nitrogen and oxygen atoms in total. The number of amides is 1. The normalized spacial score (nSPS) is 28.6. The van der Waals surface area contributed by atoms with Gasteiger partial charge in [-0.3, -0.25) is 4.79 Å². The minimum atomic E-state index is -0.624. The van der Waals surface area contributed by atoms with Crippen LogP contribution in [0.5, 0.6) is 0 Å². The molecule has 1 aromatic rings. The van der Waals surface area contributed by atoms with Gasteiger partial charge < -0.3 is 15.8 Å². The van der Waals surface area contributed by atoms with Crippen molar-refractivity contribution in [1.29, 1.82) is 0 Å². The predicted molar refractivity (Wildman–Crippen MR) is 79.2 cm³/mol. The molecule has 3 rings (SSSR count). The summed E-state index contributed by atoms with van der Waals surface area (Å²) in [4.78, 5) is 23.5. The molecule has 1 amide bonds. The van der Waals surface area contributed by atoms with Crippen LogP contribution < -0.4 is 11.1 Å². The summed E-state index contributed by atoms with van der Waals surface area (Å²) in [6, 6.07) is 1.30. The van der Waals surface area contributed by atoms with E-state index in [1.54, 1.807) is 0 Å². The highest BCUT2D eigenvalue weighted by Crippen LogP contribution is 2.45. The summed E-state index contributed by atoms with van der Waals surface area (Å²) in [6.07, 6.45) is 4.96. The predicted octanol–water partition coefficient (Wildman–Crippen LogP) is 1.00. The Hall–Kier alpha value is -2.15. The molecule has 2 bridgehead atoms. The number of nitrogens with two attached hydrogens (primary N) is 1. The van der Waals surface area contributed by atoms with Crippen LogP contribution in [-0.2, 0) is 9.53 Å². The van der Waals surface area contributed by atoms with Gasteiger partial charge in [0.25, 0.3) is 0 Å². The van der Waals surface area contributed by atoms with Crippen molar-refractivity contribution in [3.63, 3.8) is 0 Å². The van der Waals surface area contributed by atoms with Gasteiger partial charge in [-0.2, -0.15) is 0 Å². The van der Waals surface area contributed by atoms with Gasteiger partial charge in [-0.25, -0.2) is 4.79 Å². The van der Waals surface area contributed by atoms with Crippen molar-refractivity contribution >= 4 is 29.2 Å². The van der Waals surface area contributed by atoms with Crippen LogP contribution in [-0.4, -0.2) is 35.2 Å². The fraction of sp³-hybridized carbons (Fsp3) is 0.429. The van der Waals surface area contributed by atoms with Crippen molar-refractivity contribution in [3.05, 3.63) is 29.1 Å². The number of carbonyl (C=O) groups is 2. The summed E-state index contributed by atoms with van der Waals surface area (Å²) in [5.74, 6) is -0.998. The van der Waals surface area contributed by atoms with E-state index in [-0.39, 0.29) is 40.5 Å². The number of halogens is 1. The Kier molecular flexibility index (Phi) is 3.74. The van der Waals surface area contributed by atoms with E-state index in [1.165, 1.54) is 13.2 Å². The van der Waals surface area contributed by atoms with Gasteiger partial charge in [0.1, 0.15) is 0 Å². The fourth-order valence-corrected chi connectivity index (χ4v) is 3.46. The van der Waals surface area contributed by atoms with Crippen LogP contribution in [0.4, 0.5) is 5.69 Å². The fourth-order valence-electron chi connectivity index (χ4n) is 3.31. The first-order chi connectivity index (χ1) is 10.5. The van der Waals surface area contributed by atoms with Gasteiger partial charge in [0, 0.05) is 12.1 Å². The molecule has 4 atom stereocenters. The van der Waals surface area contributed by atoms with Crippen LogP contribution in [0.2, 0.25) is 5.15 Å². The second kappa shape index (κ2) is 5.57. The number of primary amides is 1. The molecule has 22 heavy (non-hydrogen) atoms. The second-order valence-electron chi connectivity index (χ2n) is 5.47. The van der Waals surface area contributed by atoms with Crippen LogP contribution >= 0.6 is 11.6 Å². The van der Waals surface area contributed by atoms with E-state index in [4.69, 9.17) is 17.3 Å². The number of nitrogens with one attached hydrogen (secondary N) is 1. The number of nitrogens with zero attached hydrogens (tertiary/aromatic N) is 2. The molecule has 0 aliphatic heterocycles. The Balaban J connectivity index is 1.92.